The molecule has 0 spiro atoms. The molecule has 3 aromatic rings. The summed E-state index contributed by atoms with van der Waals surface area (Å²) in [5.74, 6) is 1.83. The fourth-order valence-electron chi connectivity index (χ4n) is 4.04. The molecule has 0 radical (unpaired) electrons. The number of carbonyl (C=O) groups excluding carboxylic acids is 1. The Bertz CT molecular complexity index is 1320. The van der Waals surface area contributed by atoms with E-state index in [2.05, 4.69) is 15.3 Å². The maximum absolute atomic E-state index is 12.8. The van der Waals surface area contributed by atoms with Crippen LogP contribution in [0, 0.1) is 6.92 Å². The first-order chi connectivity index (χ1) is 16.3. The molecular formula is C24H25ClN4O4S. The van der Waals surface area contributed by atoms with Gasteiger partial charge in [0.25, 0.3) is 5.91 Å². The molecule has 0 atom stereocenters. The highest BCUT2D eigenvalue weighted by molar-refractivity contribution is 7.91. The van der Waals surface area contributed by atoms with Crippen molar-refractivity contribution >= 4 is 33.0 Å². The standard InChI is InChI=1S/C24H25ClN4O4S/c1-15-22(16-2-3-16)28-24(33-15)21-7-5-19(13-26-21)27-23(30)17-4-6-20(25)18(12-17)14-29-8-10-34(31,32)11-9-29/h4-7,12-13,16H,2-3,8-11,14H2,1H3,(H,27,30). The molecule has 34 heavy (non-hydrogen) atoms. The number of aryl methyl sites for hydroxylation is 1. The van der Waals surface area contributed by atoms with Gasteiger partial charge in [-0.2, -0.15) is 0 Å². The van der Waals surface area contributed by atoms with Crippen LogP contribution in [-0.2, 0) is 16.4 Å². The van der Waals surface area contributed by atoms with E-state index in [1.54, 1.807) is 36.5 Å². The Labute approximate surface area is 203 Å². The van der Waals surface area contributed by atoms with Crippen molar-refractivity contribution in [3.05, 3.63) is 64.1 Å². The van der Waals surface area contributed by atoms with Gasteiger partial charge in [0, 0.05) is 36.1 Å². The van der Waals surface area contributed by atoms with E-state index in [1.165, 1.54) is 0 Å². The number of rotatable bonds is 6. The molecule has 178 valence electrons. The lowest BCUT2D eigenvalue weighted by Gasteiger charge is -2.27. The number of carbonyl (C=O) groups is 1. The van der Waals surface area contributed by atoms with Crippen molar-refractivity contribution in [2.45, 2.75) is 32.2 Å². The van der Waals surface area contributed by atoms with Crippen LogP contribution in [0.25, 0.3) is 11.6 Å². The van der Waals surface area contributed by atoms with Crippen molar-refractivity contribution in [1.82, 2.24) is 14.9 Å². The third-order valence-electron chi connectivity index (χ3n) is 6.18. The average Bonchev–Trinajstić information content (AvgIpc) is 3.58. The SMILES string of the molecule is Cc1oc(-c2ccc(NC(=O)c3ccc(Cl)c(CN4CCS(=O)(=O)CC4)c3)cn2)nc1C1CC1. The van der Waals surface area contributed by atoms with Crippen molar-refractivity contribution in [2.75, 3.05) is 29.9 Å². The van der Waals surface area contributed by atoms with Crippen molar-refractivity contribution in [3.63, 3.8) is 0 Å². The number of nitrogens with zero attached hydrogens (tertiary/aromatic N) is 3. The average molecular weight is 501 g/mol. The Morgan fingerprint density at radius 1 is 1.21 bits per heavy atom. The molecule has 0 unspecified atom stereocenters. The van der Waals surface area contributed by atoms with E-state index < -0.39 is 9.84 Å². The molecule has 1 aliphatic carbocycles. The minimum Gasteiger partial charge on any atom is -0.440 e. The fraction of sp³-hybridized carbons (Fsp3) is 0.375. The minimum absolute atomic E-state index is 0.142. The first-order valence-corrected chi connectivity index (χ1v) is 13.4. The number of amides is 1. The molecule has 10 heteroatoms. The zero-order chi connectivity index (χ0) is 23.9. The number of pyridine rings is 1. The molecule has 1 amide bonds. The lowest BCUT2D eigenvalue weighted by atomic mass is 10.1. The number of halogens is 1. The number of sulfone groups is 1. The van der Waals surface area contributed by atoms with Gasteiger partial charge in [0.05, 0.1) is 29.1 Å². The van der Waals surface area contributed by atoms with Gasteiger partial charge in [0.1, 0.15) is 11.5 Å². The molecule has 1 aromatic carbocycles. The lowest BCUT2D eigenvalue weighted by molar-refractivity contribution is 0.102. The predicted molar refractivity (Wildman–Crippen MR) is 130 cm³/mol. The van der Waals surface area contributed by atoms with Gasteiger partial charge in [0.2, 0.25) is 5.89 Å². The summed E-state index contributed by atoms with van der Waals surface area (Å²) in [6.45, 7) is 3.33. The van der Waals surface area contributed by atoms with Crippen LogP contribution in [-0.4, -0.2) is 53.8 Å². The Morgan fingerprint density at radius 3 is 2.65 bits per heavy atom. The van der Waals surface area contributed by atoms with Crippen LogP contribution in [0.1, 0.15) is 46.1 Å². The monoisotopic (exact) mass is 500 g/mol. The largest absolute Gasteiger partial charge is 0.440 e. The third kappa shape index (κ3) is 5.16. The maximum atomic E-state index is 12.8. The molecule has 1 saturated heterocycles. The van der Waals surface area contributed by atoms with E-state index in [4.69, 9.17) is 16.0 Å². The highest BCUT2D eigenvalue weighted by Crippen LogP contribution is 2.42. The van der Waals surface area contributed by atoms with Crippen LogP contribution in [0.3, 0.4) is 0 Å². The summed E-state index contributed by atoms with van der Waals surface area (Å²) in [7, 11) is -2.95. The lowest BCUT2D eigenvalue weighted by Crippen LogP contribution is -2.39. The summed E-state index contributed by atoms with van der Waals surface area (Å²) in [6, 6.07) is 8.64. The number of hydrogen-bond donors (Lipinski definition) is 1. The highest BCUT2D eigenvalue weighted by atomic mass is 35.5. The number of aromatic nitrogens is 2. The van der Waals surface area contributed by atoms with Gasteiger partial charge in [-0.05, 0) is 55.7 Å². The number of anilines is 1. The molecule has 2 aromatic heterocycles. The first-order valence-electron chi connectivity index (χ1n) is 11.2. The first kappa shape index (κ1) is 23.0. The summed E-state index contributed by atoms with van der Waals surface area (Å²) in [5.41, 5.74) is 3.43. The quantitative estimate of drug-likeness (QED) is 0.544. The normalized spacial score (nSPS) is 18.1. The van der Waals surface area contributed by atoms with Gasteiger partial charge >= 0.3 is 0 Å². The van der Waals surface area contributed by atoms with Crippen LogP contribution in [0.2, 0.25) is 5.02 Å². The van der Waals surface area contributed by atoms with Gasteiger partial charge in [-0.25, -0.2) is 18.4 Å². The Kier molecular flexibility index (Phi) is 6.18. The number of nitrogens with one attached hydrogen (secondary N) is 1. The van der Waals surface area contributed by atoms with E-state index in [-0.39, 0.29) is 17.4 Å². The van der Waals surface area contributed by atoms with Crippen LogP contribution in [0.4, 0.5) is 5.69 Å². The minimum atomic E-state index is -2.95. The molecule has 1 aliphatic heterocycles. The van der Waals surface area contributed by atoms with Crippen molar-refractivity contribution < 1.29 is 17.6 Å². The van der Waals surface area contributed by atoms with E-state index in [0.717, 1.165) is 29.9 Å². The summed E-state index contributed by atoms with van der Waals surface area (Å²) >= 11 is 6.35. The molecule has 2 aliphatic rings. The Morgan fingerprint density at radius 2 is 1.97 bits per heavy atom. The molecule has 1 N–H and O–H groups in total. The predicted octanol–water partition coefficient (Wildman–Crippen LogP) is 4.06. The zero-order valence-corrected chi connectivity index (χ0v) is 20.3. The molecule has 0 bridgehead atoms. The maximum Gasteiger partial charge on any atom is 0.255 e. The molecular weight excluding hydrogens is 476 g/mol. The van der Waals surface area contributed by atoms with Crippen LogP contribution in [0.5, 0.6) is 0 Å². The second-order valence-electron chi connectivity index (χ2n) is 8.86. The molecule has 3 heterocycles. The van der Waals surface area contributed by atoms with E-state index in [1.807, 2.05) is 11.8 Å². The topological polar surface area (TPSA) is 105 Å². The number of benzene rings is 1. The Balaban J connectivity index is 1.25. The summed E-state index contributed by atoms with van der Waals surface area (Å²) < 4.78 is 29.1. The van der Waals surface area contributed by atoms with Gasteiger partial charge in [0.15, 0.2) is 9.84 Å². The highest BCUT2D eigenvalue weighted by Gasteiger charge is 2.29. The Hall–Kier alpha value is -2.75. The van der Waals surface area contributed by atoms with E-state index in [0.29, 0.717) is 53.4 Å². The second kappa shape index (κ2) is 9.13. The fourth-order valence-corrected chi connectivity index (χ4v) is 5.49. The van der Waals surface area contributed by atoms with Gasteiger partial charge in [-0.15, -0.1) is 0 Å². The molecule has 1 saturated carbocycles. The van der Waals surface area contributed by atoms with E-state index in [9.17, 15) is 13.2 Å². The second-order valence-corrected chi connectivity index (χ2v) is 11.6. The molecule has 8 nitrogen and oxygen atoms in total. The van der Waals surface area contributed by atoms with Crippen molar-refractivity contribution in [1.29, 1.82) is 0 Å². The molecule has 5 rings (SSSR count). The van der Waals surface area contributed by atoms with Crippen molar-refractivity contribution in [3.8, 4) is 11.6 Å². The van der Waals surface area contributed by atoms with Gasteiger partial charge < -0.3 is 9.73 Å². The molecule has 2 fully saturated rings. The van der Waals surface area contributed by atoms with Gasteiger partial charge in [-0.1, -0.05) is 11.6 Å². The smallest absolute Gasteiger partial charge is 0.255 e. The van der Waals surface area contributed by atoms with Crippen LogP contribution < -0.4 is 5.32 Å². The van der Waals surface area contributed by atoms with Crippen molar-refractivity contribution in [2.24, 2.45) is 0 Å². The summed E-state index contributed by atoms with van der Waals surface area (Å²) in [5, 5.41) is 3.40. The summed E-state index contributed by atoms with van der Waals surface area (Å²) in [4.78, 5) is 23.9. The summed E-state index contributed by atoms with van der Waals surface area (Å²) in [6.07, 6.45) is 3.88. The van der Waals surface area contributed by atoms with Crippen LogP contribution >= 0.6 is 11.6 Å². The number of oxazole rings is 1. The van der Waals surface area contributed by atoms with E-state index >= 15 is 0 Å². The number of hydrogen-bond acceptors (Lipinski definition) is 7. The van der Waals surface area contributed by atoms with Gasteiger partial charge in [-0.3, -0.25) is 9.69 Å². The van der Waals surface area contributed by atoms with Crippen LogP contribution in [0.15, 0.2) is 40.9 Å². The zero-order valence-electron chi connectivity index (χ0n) is 18.8. The third-order valence-corrected chi connectivity index (χ3v) is 8.15.